The van der Waals surface area contributed by atoms with Crippen molar-refractivity contribution in [1.29, 1.82) is 0 Å². The predicted molar refractivity (Wildman–Crippen MR) is 68.3 cm³/mol. The molecule has 2 rings (SSSR count). The molecule has 0 radical (unpaired) electrons. The third-order valence-electron chi connectivity index (χ3n) is 3.22. The summed E-state index contributed by atoms with van der Waals surface area (Å²) in [6, 6.07) is 4.30. The molecular weight excluding hydrogens is 282 g/mol. The van der Waals surface area contributed by atoms with Crippen molar-refractivity contribution in [2.75, 3.05) is 6.54 Å². The van der Waals surface area contributed by atoms with E-state index in [1.165, 1.54) is 31.2 Å². The van der Waals surface area contributed by atoms with Crippen LogP contribution in [0.25, 0.3) is 0 Å². The van der Waals surface area contributed by atoms with E-state index in [1.807, 2.05) is 0 Å². The molecule has 3 amide bonds. The summed E-state index contributed by atoms with van der Waals surface area (Å²) in [6.07, 6.45) is 0. The predicted octanol–water partition coefficient (Wildman–Crippen LogP) is 0.446. The topological polar surface area (TPSA) is 130 Å². The molecule has 0 saturated carbocycles. The monoisotopic (exact) mass is 293 g/mol. The number of urea groups is 1. The van der Waals surface area contributed by atoms with Gasteiger partial charge in [0.05, 0.1) is 4.92 Å². The zero-order valence-electron chi connectivity index (χ0n) is 10.9. The number of nitro benzene ring substituents is 1. The Morgan fingerprint density at radius 3 is 2.43 bits per heavy atom. The average Bonchev–Trinajstić information content (AvgIpc) is 2.63. The number of rotatable bonds is 4. The summed E-state index contributed by atoms with van der Waals surface area (Å²) in [4.78, 5) is 45.2. The summed E-state index contributed by atoms with van der Waals surface area (Å²) in [7, 11) is 0. The fraction of sp³-hybridized carbons (Fsp3) is 0.250. The largest absolute Gasteiger partial charge is 0.480 e. The number of imide groups is 1. The first kappa shape index (κ1) is 14.4. The third-order valence-corrected chi connectivity index (χ3v) is 3.22. The van der Waals surface area contributed by atoms with Gasteiger partial charge in [-0.3, -0.25) is 24.6 Å². The highest BCUT2D eigenvalue weighted by Crippen LogP contribution is 2.29. The number of benzene rings is 1. The number of nitrogens with one attached hydrogen (secondary N) is 1. The Labute approximate surface area is 118 Å². The molecule has 1 aliphatic heterocycles. The lowest BCUT2D eigenvalue weighted by atomic mass is 9.92. The zero-order chi connectivity index (χ0) is 15.8. The molecular formula is C12H11N3O6. The van der Waals surface area contributed by atoms with Gasteiger partial charge in [0.25, 0.3) is 11.6 Å². The fourth-order valence-electron chi connectivity index (χ4n) is 2.09. The van der Waals surface area contributed by atoms with Crippen LogP contribution in [0.3, 0.4) is 0 Å². The standard InChI is InChI=1S/C12H11N3O6/c1-12(7-2-4-8(5-3-7)15(20)21)10(18)14(6-9(16)17)11(19)13-12/h2-5H,6H2,1H3,(H,13,19)(H,16,17). The van der Waals surface area contributed by atoms with Crippen molar-refractivity contribution in [3.63, 3.8) is 0 Å². The summed E-state index contributed by atoms with van der Waals surface area (Å²) < 4.78 is 0. The fourth-order valence-corrected chi connectivity index (χ4v) is 2.09. The van der Waals surface area contributed by atoms with E-state index >= 15 is 0 Å². The van der Waals surface area contributed by atoms with Gasteiger partial charge in [0.15, 0.2) is 0 Å². The second-order valence-corrected chi connectivity index (χ2v) is 4.64. The first-order valence-electron chi connectivity index (χ1n) is 5.86. The summed E-state index contributed by atoms with van der Waals surface area (Å²) in [5.74, 6) is -2.03. The zero-order valence-corrected chi connectivity index (χ0v) is 10.9. The number of carboxylic acids is 1. The lowest BCUT2D eigenvalue weighted by Crippen LogP contribution is -2.41. The molecule has 21 heavy (non-hydrogen) atoms. The lowest BCUT2D eigenvalue weighted by molar-refractivity contribution is -0.384. The quantitative estimate of drug-likeness (QED) is 0.471. The maximum absolute atomic E-state index is 12.2. The summed E-state index contributed by atoms with van der Waals surface area (Å²) in [5.41, 5.74) is -1.26. The van der Waals surface area contributed by atoms with Crippen molar-refractivity contribution in [3.8, 4) is 0 Å². The molecule has 1 fully saturated rings. The smallest absolute Gasteiger partial charge is 0.325 e. The molecule has 0 bridgehead atoms. The minimum Gasteiger partial charge on any atom is -0.480 e. The molecule has 1 saturated heterocycles. The highest BCUT2D eigenvalue weighted by atomic mass is 16.6. The molecule has 9 nitrogen and oxygen atoms in total. The van der Waals surface area contributed by atoms with Gasteiger partial charge >= 0.3 is 12.0 Å². The second kappa shape index (κ2) is 4.85. The molecule has 1 aromatic carbocycles. The maximum atomic E-state index is 12.2. The molecule has 0 spiro atoms. The van der Waals surface area contributed by atoms with Gasteiger partial charge < -0.3 is 10.4 Å². The van der Waals surface area contributed by atoms with E-state index < -0.39 is 34.9 Å². The van der Waals surface area contributed by atoms with Crippen LogP contribution >= 0.6 is 0 Å². The number of hydrogen-bond acceptors (Lipinski definition) is 5. The number of amides is 3. The van der Waals surface area contributed by atoms with Gasteiger partial charge in [-0.15, -0.1) is 0 Å². The summed E-state index contributed by atoms with van der Waals surface area (Å²) in [5, 5.41) is 21.7. The van der Waals surface area contributed by atoms with E-state index in [0.717, 1.165) is 0 Å². The van der Waals surface area contributed by atoms with E-state index in [-0.39, 0.29) is 5.69 Å². The molecule has 2 N–H and O–H groups in total. The highest BCUT2D eigenvalue weighted by molar-refractivity contribution is 6.08. The average molecular weight is 293 g/mol. The van der Waals surface area contributed by atoms with Crippen LogP contribution in [-0.4, -0.2) is 39.4 Å². The Kier molecular flexibility index (Phi) is 3.34. The van der Waals surface area contributed by atoms with E-state index in [1.54, 1.807) is 0 Å². The molecule has 1 unspecified atom stereocenters. The highest BCUT2D eigenvalue weighted by Gasteiger charge is 2.49. The molecule has 1 aliphatic rings. The molecule has 1 aromatic rings. The van der Waals surface area contributed by atoms with Gasteiger partial charge in [0.1, 0.15) is 12.1 Å². The number of carbonyl (C=O) groups is 3. The van der Waals surface area contributed by atoms with Crippen LogP contribution in [0, 0.1) is 10.1 Å². The van der Waals surface area contributed by atoms with Crippen molar-refractivity contribution >= 4 is 23.6 Å². The van der Waals surface area contributed by atoms with Crippen LogP contribution in [0.4, 0.5) is 10.5 Å². The van der Waals surface area contributed by atoms with Gasteiger partial charge in [-0.1, -0.05) is 0 Å². The Morgan fingerprint density at radius 2 is 1.95 bits per heavy atom. The first-order chi connectivity index (χ1) is 9.75. The van der Waals surface area contributed by atoms with Crippen molar-refractivity contribution in [2.45, 2.75) is 12.5 Å². The van der Waals surface area contributed by atoms with Gasteiger partial charge in [-0.25, -0.2) is 4.79 Å². The Hall–Kier alpha value is -2.97. The van der Waals surface area contributed by atoms with Crippen LogP contribution in [0.5, 0.6) is 0 Å². The van der Waals surface area contributed by atoms with Crippen molar-refractivity contribution in [2.24, 2.45) is 0 Å². The molecule has 1 heterocycles. The van der Waals surface area contributed by atoms with Crippen LogP contribution in [-0.2, 0) is 15.1 Å². The number of non-ortho nitro benzene ring substituents is 1. The first-order valence-corrected chi connectivity index (χ1v) is 5.86. The number of nitrogens with zero attached hydrogens (tertiary/aromatic N) is 2. The van der Waals surface area contributed by atoms with Gasteiger partial charge in [-0.2, -0.15) is 0 Å². The van der Waals surface area contributed by atoms with Crippen LogP contribution in [0.2, 0.25) is 0 Å². The number of carboxylic acid groups (broad SMARTS) is 1. The Bertz CT molecular complexity index is 641. The maximum Gasteiger partial charge on any atom is 0.325 e. The molecule has 0 aliphatic carbocycles. The normalized spacial score (nSPS) is 21.3. The molecule has 0 aromatic heterocycles. The van der Waals surface area contributed by atoms with E-state index in [2.05, 4.69) is 5.32 Å². The minimum absolute atomic E-state index is 0.151. The van der Waals surface area contributed by atoms with E-state index in [4.69, 9.17) is 5.11 Å². The molecule has 110 valence electrons. The number of nitro groups is 1. The Balaban J connectivity index is 2.34. The van der Waals surface area contributed by atoms with Crippen LogP contribution in [0.1, 0.15) is 12.5 Å². The van der Waals surface area contributed by atoms with E-state index in [9.17, 15) is 24.5 Å². The minimum atomic E-state index is -1.44. The SMILES string of the molecule is CC1(c2ccc([N+](=O)[O-])cc2)NC(=O)N(CC(=O)O)C1=O. The number of hydrogen-bond donors (Lipinski definition) is 2. The summed E-state index contributed by atoms with van der Waals surface area (Å²) >= 11 is 0. The third kappa shape index (κ3) is 2.40. The van der Waals surface area contributed by atoms with Crippen molar-refractivity contribution < 1.29 is 24.4 Å². The van der Waals surface area contributed by atoms with Crippen LogP contribution < -0.4 is 5.32 Å². The Morgan fingerprint density at radius 1 is 1.38 bits per heavy atom. The summed E-state index contributed by atoms with van der Waals surface area (Å²) in [6.45, 7) is 0.670. The van der Waals surface area contributed by atoms with Gasteiger partial charge in [0, 0.05) is 12.1 Å². The van der Waals surface area contributed by atoms with Crippen molar-refractivity contribution in [3.05, 3.63) is 39.9 Å². The van der Waals surface area contributed by atoms with Crippen molar-refractivity contribution in [1.82, 2.24) is 10.2 Å². The number of aliphatic carboxylic acids is 1. The van der Waals surface area contributed by atoms with E-state index in [0.29, 0.717) is 10.5 Å². The molecule has 9 heteroatoms. The second-order valence-electron chi connectivity index (χ2n) is 4.64. The molecule has 1 atom stereocenters. The van der Waals surface area contributed by atoms with Gasteiger partial charge in [0.2, 0.25) is 0 Å². The number of carbonyl (C=O) groups excluding carboxylic acids is 2. The van der Waals surface area contributed by atoms with Crippen LogP contribution in [0.15, 0.2) is 24.3 Å². The lowest BCUT2D eigenvalue weighted by Gasteiger charge is -2.21. The van der Waals surface area contributed by atoms with Gasteiger partial charge in [-0.05, 0) is 24.6 Å².